The number of nitrogens with zero attached hydrogens (tertiary/aromatic N) is 2. The van der Waals surface area contributed by atoms with Crippen LogP contribution in [-0.4, -0.2) is 6.17 Å². The Kier molecular flexibility index (Phi) is 3.03. The van der Waals surface area contributed by atoms with Crippen LogP contribution < -0.4 is 9.80 Å². The van der Waals surface area contributed by atoms with Gasteiger partial charge in [-0.2, -0.15) is 0 Å². The molecule has 2 atom stereocenters. The molecule has 1 saturated carbocycles. The predicted molar refractivity (Wildman–Crippen MR) is 114 cm³/mol. The maximum absolute atomic E-state index is 8.52. The zero-order valence-electron chi connectivity index (χ0n) is 19.5. The second kappa shape index (κ2) is 5.89. The van der Waals surface area contributed by atoms with Crippen molar-refractivity contribution in [1.82, 2.24) is 0 Å². The summed E-state index contributed by atoms with van der Waals surface area (Å²) in [5.41, 5.74) is 6.57. The quantitative estimate of drug-likeness (QED) is 0.614. The highest BCUT2D eigenvalue weighted by atomic mass is 15.4. The van der Waals surface area contributed by atoms with E-state index in [4.69, 9.17) is 4.11 Å². The van der Waals surface area contributed by atoms with Gasteiger partial charge in [-0.3, -0.25) is 0 Å². The Morgan fingerprint density at radius 3 is 2.30 bits per heavy atom. The number of para-hydroxylation sites is 2. The number of fused-ring (bicyclic) bond motifs is 3. The monoisotopic (exact) mass is 361 g/mol. The Morgan fingerprint density at radius 1 is 0.926 bits per heavy atom. The maximum Gasteiger partial charge on any atom is 0.108 e. The van der Waals surface area contributed by atoms with Crippen molar-refractivity contribution in [2.24, 2.45) is 5.92 Å². The van der Waals surface area contributed by atoms with Crippen molar-refractivity contribution in [1.29, 1.82) is 0 Å². The highest BCUT2D eigenvalue weighted by molar-refractivity contribution is 5.78. The van der Waals surface area contributed by atoms with Crippen LogP contribution >= 0.6 is 0 Å². The molecule has 2 unspecified atom stereocenters. The van der Waals surface area contributed by atoms with E-state index in [9.17, 15) is 0 Å². The normalized spacial score (nSPS) is 29.6. The molecule has 2 aromatic carbocycles. The predicted octanol–water partition coefficient (Wildman–Crippen LogP) is 6.36. The smallest absolute Gasteiger partial charge is 0.108 e. The third kappa shape index (κ3) is 2.13. The van der Waals surface area contributed by atoms with Gasteiger partial charge in [0.25, 0.3) is 0 Å². The van der Waals surface area contributed by atoms with E-state index in [2.05, 4.69) is 60.9 Å². The lowest BCUT2D eigenvalue weighted by molar-refractivity contribution is 0.353. The van der Waals surface area contributed by atoms with Gasteiger partial charge in [-0.15, -0.1) is 0 Å². The first kappa shape index (κ1) is 13.9. The number of hydrogen-bond donors (Lipinski definition) is 0. The van der Waals surface area contributed by atoms with Gasteiger partial charge >= 0.3 is 0 Å². The van der Waals surface area contributed by atoms with Crippen molar-refractivity contribution in [3.63, 3.8) is 0 Å². The molecule has 0 aromatic heterocycles. The minimum absolute atomic E-state index is 0.155. The molecule has 140 valence electrons. The Bertz CT molecular complexity index is 1020. The largest absolute Gasteiger partial charge is 0.322 e. The molecule has 3 aliphatic rings. The van der Waals surface area contributed by atoms with Gasteiger partial charge in [-0.1, -0.05) is 49.2 Å². The number of allylic oxidation sites excluding steroid dienone is 2. The number of rotatable bonds is 2. The van der Waals surface area contributed by atoms with E-state index in [1.165, 1.54) is 36.9 Å². The average Bonchev–Trinajstić information content (AvgIpc) is 3.39. The molecule has 2 heterocycles. The number of hydrogen-bond acceptors (Lipinski definition) is 2. The van der Waals surface area contributed by atoms with E-state index in [0.717, 1.165) is 22.6 Å². The number of benzene rings is 2. The van der Waals surface area contributed by atoms with Crippen LogP contribution in [0.1, 0.15) is 61.6 Å². The summed E-state index contributed by atoms with van der Waals surface area (Å²) in [6, 6.07) is 16.6. The van der Waals surface area contributed by atoms with Crippen LogP contribution in [0.4, 0.5) is 11.4 Å². The first-order valence-electron chi connectivity index (χ1n) is 11.7. The zero-order chi connectivity index (χ0) is 21.3. The van der Waals surface area contributed by atoms with Crippen molar-refractivity contribution in [2.45, 2.75) is 64.9 Å². The highest BCUT2D eigenvalue weighted by Gasteiger charge is 2.55. The van der Waals surface area contributed by atoms with Crippen LogP contribution in [0, 0.1) is 12.8 Å². The lowest BCUT2D eigenvalue weighted by Gasteiger charge is -2.34. The Hall–Kier alpha value is -2.22. The molecule has 27 heavy (non-hydrogen) atoms. The van der Waals surface area contributed by atoms with Crippen molar-refractivity contribution in [3.05, 3.63) is 71.1 Å². The minimum atomic E-state index is -2.15. The zero-order valence-corrected chi connectivity index (χ0v) is 16.5. The third-order valence-electron chi connectivity index (χ3n) is 7.20. The van der Waals surface area contributed by atoms with Crippen LogP contribution in [0.25, 0.3) is 0 Å². The Morgan fingerprint density at radius 2 is 1.59 bits per heavy atom. The van der Waals surface area contributed by atoms with Gasteiger partial charge in [0.05, 0.1) is 5.70 Å². The van der Waals surface area contributed by atoms with Crippen molar-refractivity contribution >= 4 is 11.4 Å². The topological polar surface area (TPSA) is 6.48 Å². The minimum Gasteiger partial charge on any atom is -0.322 e. The van der Waals surface area contributed by atoms with Gasteiger partial charge in [-0.05, 0) is 69.6 Å². The molecule has 2 aliphatic heterocycles. The average molecular weight is 362 g/mol. The van der Waals surface area contributed by atoms with Gasteiger partial charge < -0.3 is 9.80 Å². The van der Waals surface area contributed by atoms with Crippen LogP contribution in [0.3, 0.4) is 0 Å². The van der Waals surface area contributed by atoms with E-state index in [-0.39, 0.29) is 5.41 Å². The molecule has 2 heteroatoms. The number of aryl methyl sites for hydroxylation is 1. The molecule has 0 saturated heterocycles. The van der Waals surface area contributed by atoms with Gasteiger partial charge in [0, 0.05) is 26.6 Å². The molecule has 2 nitrogen and oxygen atoms in total. The summed E-state index contributed by atoms with van der Waals surface area (Å²) in [5, 5.41) is 0. The standard InChI is InChI=1S/C25H30N2/c1-17-11-5-9-15-22(17)26-18(2)24-25(4,20-12-6-7-13-20)21-14-8-10-16-23(21)27(24)19(26)3/h5,8-11,14-16,19-20H,6-7,12-13H2,1-4H3/i3D3. The summed E-state index contributed by atoms with van der Waals surface area (Å²) in [4.78, 5) is 4.24. The molecular formula is C25H30N2. The molecule has 0 spiro atoms. The lowest BCUT2D eigenvalue weighted by atomic mass is 9.70. The summed E-state index contributed by atoms with van der Waals surface area (Å²) >= 11 is 0. The van der Waals surface area contributed by atoms with Crippen LogP contribution in [-0.2, 0) is 5.41 Å². The second-order valence-electron chi connectivity index (χ2n) is 8.54. The fourth-order valence-corrected chi connectivity index (χ4v) is 5.90. The molecule has 0 amide bonds. The van der Waals surface area contributed by atoms with Crippen molar-refractivity contribution in [2.75, 3.05) is 9.80 Å². The van der Waals surface area contributed by atoms with E-state index < -0.39 is 13.0 Å². The summed E-state index contributed by atoms with van der Waals surface area (Å²) in [5.74, 6) is 0.544. The Labute approximate surface area is 167 Å². The molecule has 0 N–H and O–H groups in total. The van der Waals surface area contributed by atoms with E-state index in [1.54, 1.807) is 0 Å². The van der Waals surface area contributed by atoms with Gasteiger partial charge in [0.2, 0.25) is 0 Å². The molecule has 1 fully saturated rings. The van der Waals surface area contributed by atoms with Gasteiger partial charge in [0.15, 0.2) is 0 Å². The van der Waals surface area contributed by atoms with E-state index in [1.807, 2.05) is 18.2 Å². The Balaban J connectivity index is 1.79. The fraction of sp³-hybridized carbons (Fsp3) is 0.440. The first-order chi connectivity index (χ1) is 14.3. The summed E-state index contributed by atoms with van der Waals surface area (Å²) in [6.45, 7) is 4.40. The highest BCUT2D eigenvalue weighted by Crippen LogP contribution is 2.60. The lowest BCUT2D eigenvalue weighted by Crippen LogP contribution is -2.38. The molecule has 0 radical (unpaired) electrons. The van der Waals surface area contributed by atoms with Crippen molar-refractivity contribution in [3.8, 4) is 0 Å². The summed E-state index contributed by atoms with van der Waals surface area (Å²) < 4.78 is 25.6. The SMILES string of the molecule is [2H]C([2H])([2H])C1N(c2ccccc2C)C(C)=C2N1c1ccccc1C2(C)C1CCCC1. The van der Waals surface area contributed by atoms with E-state index >= 15 is 0 Å². The second-order valence-corrected chi connectivity index (χ2v) is 8.54. The molecule has 2 aromatic rings. The molecule has 5 rings (SSSR count). The molecule has 1 aliphatic carbocycles. The van der Waals surface area contributed by atoms with Gasteiger partial charge in [-0.25, -0.2) is 0 Å². The first-order valence-corrected chi connectivity index (χ1v) is 10.2. The van der Waals surface area contributed by atoms with E-state index in [0.29, 0.717) is 5.92 Å². The van der Waals surface area contributed by atoms with Crippen LogP contribution in [0.2, 0.25) is 0 Å². The molecular weight excluding hydrogens is 328 g/mol. The van der Waals surface area contributed by atoms with Crippen molar-refractivity contribution < 1.29 is 4.11 Å². The summed E-state index contributed by atoms with van der Waals surface area (Å²) in [7, 11) is 0. The van der Waals surface area contributed by atoms with Crippen LogP contribution in [0.15, 0.2) is 59.9 Å². The number of anilines is 2. The third-order valence-corrected chi connectivity index (χ3v) is 7.20. The summed E-state index contributed by atoms with van der Waals surface area (Å²) in [6.07, 6.45) is 4.21. The van der Waals surface area contributed by atoms with Gasteiger partial charge in [0.1, 0.15) is 6.17 Å². The van der Waals surface area contributed by atoms with Crippen LogP contribution in [0.5, 0.6) is 0 Å². The molecule has 0 bridgehead atoms. The maximum atomic E-state index is 8.52. The fourth-order valence-electron chi connectivity index (χ4n) is 5.90.